The lowest BCUT2D eigenvalue weighted by atomic mass is 10.1. The molecule has 5 heteroatoms. The SMILES string of the molecule is CC(C)(C)OC(=O)N1CCNC[C@@H]1CCOc1ccccc1. The zero-order valence-corrected chi connectivity index (χ0v) is 13.7. The third-order valence-corrected chi connectivity index (χ3v) is 3.44. The maximum absolute atomic E-state index is 12.3. The van der Waals surface area contributed by atoms with Crippen LogP contribution in [0.3, 0.4) is 0 Å². The van der Waals surface area contributed by atoms with Crippen molar-refractivity contribution in [3.63, 3.8) is 0 Å². The first-order valence-electron chi connectivity index (χ1n) is 7.84. The number of ether oxygens (including phenoxy) is 2. The minimum Gasteiger partial charge on any atom is -0.494 e. The van der Waals surface area contributed by atoms with Gasteiger partial charge in [0, 0.05) is 26.1 Å². The molecule has 0 saturated carbocycles. The van der Waals surface area contributed by atoms with Gasteiger partial charge < -0.3 is 19.7 Å². The summed E-state index contributed by atoms with van der Waals surface area (Å²) in [7, 11) is 0. The molecule has 0 aromatic heterocycles. The van der Waals surface area contributed by atoms with Gasteiger partial charge in [0.15, 0.2) is 0 Å². The van der Waals surface area contributed by atoms with Crippen molar-refractivity contribution in [2.24, 2.45) is 0 Å². The molecule has 1 saturated heterocycles. The molecule has 1 aliphatic heterocycles. The van der Waals surface area contributed by atoms with Crippen LogP contribution in [0.2, 0.25) is 0 Å². The molecule has 0 unspecified atom stereocenters. The first-order chi connectivity index (χ1) is 10.5. The lowest BCUT2D eigenvalue weighted by molar-refractivity contribution is 0.00985. The van der Waals surface area contributed by atoms with E-state index in [1.165, 1.54) is 0 Å². The van der Waals surface area contributed by atoms with Crippen molar-refractivity contribution in [3.05, 3.63) is 30.3 Å². The van der Waals surface area contributed by atoms with Gasteiger partial charge >= 0.3 is 6.09 Å². The van der Waals surface area contributed by atoms with Gasteiger partial charge in [-0.2, -0.15) is 0 Å². The Morgan fingerprint density at radius 3 is 2.73 bits per heavy atom. The van der Waals surface area contributed by atoms with Gasteiger partial charge in [-0.25, -0.2) is 4.79 Å². The van der Waals surface area contributed by atoms with Crippen LogP contribution in [0.15, 0.2) is 30.3 Å². The second kappa shape index (κ2) is 7.49. The molecule has 1 atom stereocenters. The molecule has 5 nitrogen and oxygen atoms in total. The van der Waals surface area contributed by atoms with Gasteiger partial charge in [0.25, 0.3) is 0 Å². The van der Waals surface area contributed by atoms with Crippen LogP contribution in [0.4, 0.5) is 4.79 Å². The van der Waals surface area contributed by atoms with E-state index >= 15 is 0 Å². The van der Waals surface area contributed by atoms with E-state index < -0.39 is 5.60 Å². The quantitative estimate of drug-likeness (QED) is 0.929. The van der Waals surface area contributed by atoms with Crippen molar-refractivity contribution < 1.29 is 14.3 Å². The summed E-state index contributed by atoms with van der Waals surface area (Å²) >= 11 is 0. The van der Waals surface area contributed by atoms with Gasteiger partial charge in [0.05, 0.1) is 12.6 Å². The number of amides is 1. The number of rotatable bonds is 4. The monoisotopic (exact) mass is 306 g/mol. The maximum atomic E-state index is 12.3. The zero-order valence-electron chi connectivity index (χ0n) is 13.7. The van der Waals surface area contributed by atoms with E-state index in [1.807, 2.05) is 56.0 Å². The average molecular weight is 306 g/mol. The predicted molar refractivity (Wildman–Crippen MR) is 86.2 cm³/mol. The highest BCUT2D eigenvalue weighted by atomic mass is 16.6. The molecule has 122 valence electrons. The first kappa shape index (κ1) is 16.6. The largest absolute Gasteiger partial charge is 0.494 e. The third-order valence-electron chi connectivity index (χ3n) is 3.44. The molecule has 0 bridgehead atoms. The molecule has 0 aliphatic carbocycles. The van der Waals surface area contributed by atoms with E-state index in [4.69, 9.17) is 9.47 Å². The topological polar surface area (TPSA) is 50.8 Å². The highest BCUT2D eigenvalue weighted by Gasteiger charge is 2.30. The second-order valence-corrected chi connectivity index (χ2v) is 6.48. The summed E-state index contributed by atoms with van der Waals surface area (Å²) in [6, 6.07) is 9.83. The number of nitrogens with zero attached hydrogens (tertiary/aromatic N) is 1. The number of para-hydroxylation sites is 1. The normalized spacial score (nSPS) is 18.9. The fourth-order valence-corrected chi connectivity index (χ4v) is 2.41. The molecule has 1 aromatic carbocycles. The fraction of sp³-hybridized carbons (Fsp3) is 0.588. The van der Waals surface area contributed by atoms with E-state index in [9.17, 15) is 4.79 Å². The smallest absolute Gasteiger partial charge is 0.410 e. The van der Waals surface area contributed by atoms with E-state index in [0.717, 1.165) is 25.3 Å². The first-order valence-corrected chi connectivity index (χ1v) is 7.84. The van der Waals surface area contributed by atoms with Crippen molar-refractivity contribution >= 4 is 6.09 Å². The maximum Gasteiger partial charge on any atom is 0.410 e. The van der Waals surface area contributed by atoms with Crippen LogP contribution >= 0.6 is 0 Å². The van der Waals surface area contributed by atoms with Crippen LogP contribution in [0.25, 0.3) is 0 Å². The Morgan fingerprint density at radius 2 is 2.05 bits per heavy atom. The molecule has 1 heterocycles. The van der Waals surface area contributed by atoms with Crippen LogP contribution in [0.1, 0.15) is 27.2 Å². The number of hydrogen-bond acceptors (Lipinski definition) is 4. The Morgan fingerprint density at radius 1 is 1.32 bits per heavy atom. The van der Waals surface area contributed by atoms with E-state index in [2.05, 4.69) is 5.32 Å². The molecular weight excluding hydrogens is 280 g/mol. The average Bonchev–Trinajstić information content (AvgIpc) is 2.47. The van der Waals surface area contributed by atoms with Crippen molar-refractivity contribution in [3.8, 4) is 5.75 Å². The summed E-state index contributed by atoms with van der Waals surface area (Å²) < 4.78 is 11.2. The Bertz CT molecular complexity index is 471. The van der Waals surface area contributed by atoms with Crippen LogP contribution in [0.5, 0.6) is 5.75 Å². The second-order valence-electron chi connectivity index (χ2n) is 6.48. The number of nitrogens with one attached hydrogen (secondary N) is 1. The Balaban J connectivity index is 1.85. The summed E-state index contributed by atoms with van der Waals surface area (Å²) in [6.07, 6.45) is 0.542. The van der Waals surface area contributed by atoms with Crippen LogP contribution in [-0.4, -0.2) is 48.9 Å². The van der Waals surface area contributed by atoms with Crippen molar-refractivity contribution in [2.45, 2.75) is 38.8 Å². The number of piperazine rings is 1. The predicted octanol–water partition coefficient (Wildman–Crippen LogP) is 2.66. The fourth-order valence-electron chi connectivity index (χ4n) is 2.41. The molecule has 1 aromatic rings. The van der Waals surface area contributed by atoms with E-state index in [0.29, 0.717) is 13.2 Å². The van der Waals surface area contributed by atoms with Gasteiger partial charge in [-0.15, -0.1) is 0 Å². The number of benzene rings is 1. The standard InChI is InChI=1S/C17H26N2O3/c1-17(2,3)22-16(20)19-11-10-18-13-14(19)9-12-21-15-7-5-4-6-8-15/h4-8,14,18H,9-13H2,1-3H3/t14-/m0/s1. The minimum absolute atomic E-state index is 0.104. The minimum atomic E-state index is -0.465. The molecular formula is C17H26N2O3. The third kappa shape index (κ3) is 5.22. The summed E-state index contributed by atoms with van der Waals surface area (Å²) in [4.78, 5) is 14.1. The van der Waals surface area contributed by atoms with Crippen LogP contribution in [-0.2, 0) is 4.74 Å². The summed E-state index contributed by atoms with van der Waals surface area (Å²) in [5.74, 6) is 0.857. The molecule has 1 amide bonds. The molecule has 0 radical (unpaired) electrons. The number of carbonyl (C=O) groups is 1. The lowest BCUT2D eigenvalue weighted by Crippen LogP contribution is -2.55. The molecule has 0 spiro atoms. The van der Waals surface area contributed by atoms with Gasteiger partial charge in [0.1, 0.15) is 11.4 Å². The molecule has 1 fully saturated rings. The lowest BCUT2D eigenvalue weighted by Gasteiger charge is -2.37. The number of carbonyl (C=O) groups excluding carboxylic acids is 1. The highest BCUT2D eigenvalue weighted by Crippen LogP contribution is 2.16. The van der Waals surface area contributed by atoms with Gasteiger partial charge in [-0.05, 0) is 32.9 Å². The Labute approximate surface area is 132 Å². The van der Waals surface area contributed by atoms with Crippen molar-refractivity contribution in [1.82, 2.24) is 10.2 Å². The van der Waals surface area contributed by atoms with Crippen molar-refractivity contribution in [1.29, 1.82) is 0 Å². The van der Waals surface area contributed by atoms with Gasteiger partial charge in [-0.1, -0.05) is 18.2 Å². The van der Waals surface area contributed by atoms with Gasteiger partial charge in [-0.3, -0.25) is 0 Å². The summed E-state index contributed by atoms with van der Waals surface area (Å²) in [6.45, 7) is 8.50. The zero-order chi connectivity index (χ0) is 16.0. The van der Waals surface area contributed by atoms with Crippen LogP contribution in [0, 0.1) is 0 Å². The van der Waals surface area contributed by atoms with E-state index in [-0.39, 0.29) is 12.1 Å². The molecule has 2 rings (SSSR count). The summed E-state index contributed by atoms with van der Waals surface area (Å²) in [5.41, 5.74) is -0.465. The van der Waals surface area contributed by atoms with E-state index in [1.54, 1.807) is 0 Å². The Hall–Kier alpha value is -1.75. The number of hydrogen-bond donors (Lipinski definition) is 1. The highest BCUT2D eigenvalue weighted by molar-refractivity contribution is 5.68. The van der Waals surface area contributed by atoms with Crippen molar-refractivity contribution in [2.75, 3.05) is 26.2 Å². The Kier molecular flexibility index (Phi) is 5.66. The molecule has 1 aliphatic rings. The summed E-state index contributed by atoms with van der Waals surface area (Å²) in [5, 5.41) is 3.33. The van der Waals surface area contributed by atoms with Gasteiger partial charge in [0.2, 0.25) is 0 Å². The van der Waals surface area contributed by atoms with Crippen LogP contribution < -0.4 is 10.1 Å². The molecule has 22 heavy (non-hydrogen) atoms. The molecule has 1 N–H and O–H groups in total.